The molecule has 0 aliphatic rings. The number of halogens is 3. The molecule has 2 aromatic rings. The lowest BCUT2D eigenvalue weighted by atomic mass is 10.2. The summed E-state index contributed by atoms with van der Waals surface area (Å²) in [5.41, 5.74) is 6.18. The first-order valence-electron chi connectivity index (χ1n) is 5.51. The van der Waals surface area contributed by atoms with E-state index in [1.54, 1.807) is 0 Å². The van der Waals surface area contributed by atoms with E-state index >= 15 is 0 Å². The molecule has 0 spiro atoms. The second-order valence-corrected chi connectivity index (χ2v) is 6.55. The van der Waals surface area contributed by atoms with Gasteiger partial charge in [0.2, 0.25) is 0 Å². The Labute approximate surface area is 119 Å². The van der Waals surface area contributed by atoms with E-state index in [2.05, 4.69) is 0 Å². The van der Waals surface area contributed by atoms with Crippen LogP contribution in [0.5, 0.6) is 0 Å². The topological polar surface area (TPSA) is 60.2 Å². The molecule has 0 saturated heterocycles. The van der Waals surface area contributed by atoms with Gasteiger partial charge in [-0.25, -0.2) is 17.2 Å². The molecule has 3 nitrogen and oxygen atoms in total. The zero-order chi connectivity index (χ0) is 14.9. The van der Waals surface area contributed by atoms with E-state index in [9.17, 15) is 17.2 Å². The van der Waals surface area contributed by atoms with Crippen LogP contribution >= 0.6 is 11.6 Å². The van der Waals surface area contributed by atoms with Crippen molar-refractivity contribution in [3.8, 4) is 0 Å². The van der Waals surface area contributed by atoms with Crippen molar-refractivity contribution < 1.29 is 17.2 Å². The van der Waals surface area contributed by atoms with Crippen LogP contribution in [0.15, 0.2) is 41.3 Å². The number of nitrogens with two attached hydrogens (primary N) is 1. The smallest absolute Gasteiger partial charge is 0.185 e. The van der Waals surface area contributed by atoms with Crippen LogP contribution < -0.4 is 5.73 Å². The third kappa shape index (κ3) is 3.08. The predicted molar refractivity (Wildman–Crippen MR) is 73.1 cm³/mol. The summed E-state index contributed by atoms with van der Waals surface area (Å²) in [5, 5.41) is 0.305. The van der Waals surface area contributed by atoms with Crippen molar-refractivity contribution >= 4 is 27.1 Å². The molecule has 0 radical (unpaired) electrons. The summed E-state index contributed by atoms with van der Waals surface area (Å²) in [5.74, 6) is -2.40. The molecule has 0 heterocycles. The Morgan fingerprint density at radius 2 is 1.80 bits per heavy atom. The minimum Gasteiger partial charge on any atom is -0.398 e. The maximum Gasteiger partial charge on any atom is 0.185 e. The van der Waals surface area contributed by atoms with E-state index in [4.69, 9.17) is 17.3 Å². The number of anilines is 1. The van der Waals surface area contributed by atoms with Crippen LogP contribution in [0, 0.1) is 11.6 Å². The molecule has 0 aliphatic heterocycles. The highest BCUT2D eigenvalue weighted by atomic mass is 35.5. The van der Waals surface area contributed by atoms with Gasteiger partial charge in [0.05, 0.1) is 16.5 Å². The first-order chi connectivity index (χ1) is 9.29. The van der Waals surface area contributed by atoms with Gasteiger partial charge >= 0.3 is 0 Å². The Hall–Kier alpha value is -1.66. The third-order valence-electron chi connectivity index (χ3n) is 2.65. The molecule has 0 aromatic heterocycles. The first-order valence-corrected chi connectivity index (χ1v) is 7.54. The van der Waals surface area contributed by atoms with E-state index in [-0.39, 0.29) is 5.69 Å². The maximum absolute atomic E-state index is 13.5. The number of rotatable bonds is 3. The fourth-order valence-corrected chi connectivity index (χ4v) is 3.23. The van der Waals surface area contributed by atoms with Crippen LogP contribution in [-0.2, 0) is 15.6 Å². The van der Waals surface area contributed by atoms with Crippen molar-refractivity contribution in [2.75, 3.05) is 5.73 Å². The van der Waals surface area contributed by atoms with Gasteiger partial charge in [-0.3, -0.25) is 0 Å². The van der Waals surface area contributed by atoms with Crippen molar-refractivity contribution in [3.63, 3.8) is 0 Å². The normalized spacial score (nSPS) is 11.6. The quantitative estimate of drug-likeness (QED) is 0.698. The van der Waals surface area contributed by atoms with Gasteiger partial charge in [-0.15, -0.1) is 0 Å². The highest BCUT2D eigenvalue weighted by molar-refractivity contribution is 7.90. The summed E-state index contributed by atoms with van der Waals surface area (Å²) in [6.45, 7) is 0. The van der Waals surface area contributed by atoms with Gasteiger partial charge in [-0.05, 0) is 29.8 Å². The standard InChI is InChI=1S/C13H10ClF2NO2S/c14-10-3-1-8(5-12(10)17)7-20(18,19)13-4-2-9(15)6-11(13)16/h1-6H,7,17H2. The molecule has 7 heteroatoms. The molecule has 0 amide bonds. The minimum absolute atomic E-state index is 0.235. The summed E-state index contributed by atoms with van der Waals surface area (Å²) in [6.07, 6.45) is 0. The molecule has 0 atom stereocenters. The van der Waals surface area contributed by atoms with Gasteiger partial charge in [0.1, 0.15) is 16.5 Å². The van der Waals surface area contributed by atoms with Crippen LogP contribution in [0.4, 0.5) is 14.5 Å². The Kier molecular flexibility index (Phi) is 3.96. The number of hydrogen-bond acceptors (Lipinski definition) is 3. The average molecular weight is 318 g/mol. The molecule has 0 fully saturated rings. The fraction of sp³-hybridized carbons (Fsp3) is 0.0769. The van der Waals surface area contributed by atoms with Gasteiger partial charge < -0.3 is 5.73 Å². The van der Waals surface area contributed by atoms with E-state index in [0.29, 0.717) is 16.7 Å². The second kappa shape index (κ2) is 5.38. The van der Waals surface area contributed by atoms with Crippen LogP contribution in [0.2, 0.25) is 5.02 Å². The lowest BCUT2D eigenvalue weighted by Gasteiger charge is -2.07. The molecule has 0 bridgehead atoms. The molecule has 2 aromatic carbocycles. The number of hydrogen-bond donors (Lipinski definition) is 1. The van der Waals surface area contributed by atoms with Gasteiger partial charge in [0.25, 0.3) is 0 Å². The highest BCUT2D eigenvalue weighted by Crippen LogP contribution is 2.24. The molecule has 2 rings (SSSR count). The van der Waals surface area contributed by atoms with Gasteiger partial charge in [-0.2, -0.15) is 0 Å². The van der Waals surface area contributed by atoms with E-state index < -0.39 is 32.1 Å². The Morgan fingerprint density at radius 1 is 1.10 bits per heavy atom. The van der Waals surface area contributed by atoms with E-state index in [1.807, 2.05) is 0 Å². The predicted octanol–water partition coefficient (Wildman–Crippen LogP) is 3.17. The second-order valence-electron chi connectivity index (χ2n) is 4.19. The number of nitrogen functional groups attached to an aromatic ring is 1. The summed E-state index contributed by atoms with van der Waals surface area (Å²) in [4.78, 5) is -0.549. The van der Waals surface area contributed by atoms with Crippen molar-refractivity contribution in [3.05, 3.63) is 58.6 Å². The number of sulfone groups is 1. The molecular formula is C13H10ClF2NO2S. The molecular weight excluding hydrogens is 308 g/mol. The zero-order valence-corrected chi connectivity index (χ0v) is 11.7. The fourth-order valence-electron chi connectivity index (χ4n) is 1.71. The highest BCUT2D eigenvalue weighted by Gasteiger charge is 2.20. The lowest BCUT2D eigenvalue weighted by Crippen LogP contribution is -2.08. The van der Waals surface area contributed by atoms with E-state index in [0.717, 1.165) is 12.1 Å². The maximum atomic E-state index is 13.5. The van der Waals surface area contributed by atoms with Crippen molar-refractivity contribution in [1.82, 2.24) is 0 Å². The first kappa shape index (κ1) is 14.7. The van der Waals surface area contributed by atoms with Gasteiger partial charge in [0.15, 0.2) is 9.84 Å². The summed E-state index contributed by atoms with van der Waals surface area (Å²) < 4.78 is 50.5. The van der Waals surface area contributed by atoms with Crippen LogP contribution in [0.1, 0.15) is 5.56 Å². The molecule has 0 unspecified atom stereocenters. The van der Waals surface area contributed by atoms with Crippen molar-refractivity contribution in [2.45, 2.75) is 10.6 Å². The Morgan fingerprint density at radius 3 is 2.40 bits per heavy atom. The van der Waals surface area contributed by atoms with E-state index in [1.165, 1.54) is 18.2 Å². The van der Waals surface area contributed by atoms with Gasteiger partial charge in [0, 0.05) is 6.07 Å². The lowest BCUT2D eigenvalue weighted by molar-refractivity contribution is 0.549. The minimum atomic E-state index is -3.93. The SMILES string of the molecule is Nc1cc(CS(=O)(=O)c2ccc(F)cc2F)ccc1Cl. The van der Waals surface area contributed by atoms with Crippen LogP contribution in [0.25, 0.3) is 0 Å². The van der Waals surface area contributed by atoms with Crippen molar-refractivity contribution in [2.24, 2.45) is 0 Å². The summed E-state index contributed by atoms with van der Waals surface area (Å²) >= 11 is 5.74. The Bertz CT molecular complexity index is 763. The molecule has 0 saturated carbocycles. The largest absolute Gasteiger partial charge is 0.398 e. The monoisotopic (exact) mass is 317 g/mol. The average Bonchev–Trinajstić information content (AvgIpc) is 2.33. The van der Waals surface area contributed by atoms with Crippen LogP contribution in [-0.4, -0.2) is 8.42 Å². The molecule has 2 N–H and O–H groups in total. The van der Waals surface area contributed by atoms with Crippen LogP contribution in [0.3, 0.4) is 0 Å². The molecule has 106 valence electrons. The summed E-state index contributed by atoms with van der Waals surface area (Å²) in [7, 11) is -3.93. The van der Waals surface area contributed by atoms with Crippen molar-refractivity contribution in [1.29, 1.82) is 0 Å². The molecule has 0 aliphatic carbocycles. The summed E-state index contributed by atoms with van der Waals surface area (Å²) in [6, 6.07) is 6.68. The van der Waals surface area contributed by atoms with Gasteiger partial charge in [-0.1, -0.05) is 17.7 Å². The Balaban J connectivity index is 2.38. The third-order valence-corrected chi connectivity index (χ3v) is 4.70. The number of benzene rings is 2. The molecule has 20 heavy (non-hydrogen) atoms. The zero-order valence-electron chi connectivity index (χ0n) is 10.1.